The van der Waals surface area contributed by atoms with Crippen LogP contribution in [0.4, 0.5) is 0 Å². The fourth-order valence-corrected chi connectivity index (χ4v) is 3.03. The highest BCUT2D eigenvalue weighted by atomic mass is 14.8. The predicted octanol–water partition coefficient (Wildman–Crippen LogP) is 2.82. The van der Waals surface area contributed by atoms with E-state index in [0.29, 0.717) is 6.54 Å². The molecule has 4 heteroatoms. The van der Waals surface area contributed by atoms with E-state index in [1.54, 1.807) is 0 Å². The highest BCUT2D eigenvalue weighted by molar-refractivity contribution is 5.23. The fourth-order valence-electron chi connectivity index (χ4n) is 3.03. The lowest BCUT2D eigenvalue weighted by Crippen LogP contribution is -2.50. The zero-order valence-corrected chi connectivity index (χ0v) is 13.4. The maximum atomic E-state index is 6.90. The molecule has 0 bridgehead atoms. The first-order chi connectivity index (χ1) is 10.6. The summed E-state index contributed by atoms with van der Waals surface area (Å²) >= 11 is 0. The molecule has 2 heterocycles. The zero-order valence-electron chi connectivity index (χ0n) is 13.4. The maximum Gasteiger partial charge on any atom is 0.0450 e. The van der Waals surface area contributed by atoms with Crippen LogP contribution in [0.3, 0.4) is 0 Å². The fraction of sp³-hybridized carbons (Fsp3) is 0.444. The molecule has 0 saturated carbocycles. The summed E-state index contributed by atoms with van der Waals surface area (Å²) in [6.45, 7) is 4.94. The molecule has 0 saturated heterocycles. The standard InChI is InChI=1S/C18H26N4/c1-14(16-8-3-5-12-21-16)18(20,10-7-11-19)15(2)17-9-4-6-13-22-17/h3-6,8-9,12-15H,7,10-11,19-20H2,1-2H3. The molecule has 2 rings (SSSR count). The van der Waals surface area contributed by atoms with E-state index in [1.807, 2.05) is 48.8 Å². The predicted molar refractivity (Wildman–Crippen MR) is 90.5 cm³/mol. The first-order valence-corrected chi connectivity index (χ1v) is 7.90. The summed E-state index contributed by atoms with van der Waals surface area (Å²) in [7, 11) is 0. The van der Waals surface area contributed by atoms with Gasteiger partial charge in [-0.3, -0.25) is 9.97 Å². The molecule has 0 aromatic carbocycles. The van der Waals surface area contributed by atoms with Gasteiger partial charge in [-0.2, -0.15) is 0 Å². The summed E-state index contributed by atoms with van der Waals surface area (Å²) in [4.78, 5) is 8.99. The summed E-state index contributed by atoms with van der Waals surface area (Å²) in [6, 6.07) is 12.0. The second-order valence-electron chi connectivity index (χ2n) is 5.96. The molecule has 118 valence electrons. The Morgan fingerprint density at radius 3 is 1.82 bits per heavy atom. The normalized spacial score (nSPS) is 16.7. The van der Waals surface area contributed by atoms with Crippen molar-refractivity contribution < 1.29 is 0 Å². The zero-order chi connectivity index (χ0) is 16.0. The second kappa shape index (κ2) is 7.47. The number of nitrogens with two attached hydrogens (primary N) is 2. The van der Waals surface area contributed by atoms with Crippen molar-refractivity contribution in [2.45, 2.75) is 44.1 Å². The van der Waals surface area contributed by atoms with Gasteiger partial charge in [0, 0.05) is 41.2 Å². The molecule has 2 atom stereocenters. The molecule has 4 nitrogen and oxygen atoms in total. The lowest BCUT2D eigenvalue weighted by Gasteiger charge is -2.40. The van der Waals surface area contributed by atoms with E-state index in [2.05, 4.69) is 23.8 Å². The Morgan fingerprint density at radius 2 is 1.45 bits per heavy atom. The van der Waals surface area contributed by atoms with Crippen LogP contribution in [-0.4, -0.2) is 22.1 Å². The molecule has 0 aliphatic carbocycles. The molecular formula is C18H26N4. The first-order valence-electron chi connectivity index (χ1n) is 7.90. The van der Waals surface area contributed by atoms with E-state index in [0.717, 1.165) is 24.2 Å². The van der Waals surface area contributed by atoms with Crippen LogP contribution in [0.15, 0.2) is 48.8 Å². The third-order valence-electron chi connectivity index (χ3n) is 4.69. The van der Waals surface area contributed by atoms with Crippen molar-refractivity contribution in [3.05, 3.63) is 60.2 Å². The van der Waals surface area contributed by atoms with Crippen LogP contribution in [0.2, 0.25) is 0 Å². The molecule has 2 unspecified atom stereocenters. The summed E-state index contributed by atoms with van der Waals surface area (Å²) in [5, 5.41) is 0. The second-order valence-corrected chi connectivity index (χ2v) is 5.96. The molecule has 0 aliphatic heterocycles. The van der Waals surface area contributed by atoms with Gasteiger partial charge in [-0.25, -0.2) is 0 Å². The number of rotatable bonds is 7. The lowest BCUT2D eigenvalue weighted by atomic mass is 9.70. The van der Waals surface area contributed by atoms with Crippen LogP contribution in [0.5, 0.6) is 0 Å². The molecule has 22 heavy (non-hydrogen) atoms. The summed E-state index contributed by atoms with van der Waals surface area (Å²) in [6.07, 6.45) is 5.38. The van der Waals surface area contributed by atoms with Gasteiger partial charge in [0.15, 0.2) is 0 Å². The van der Waals surface area contributed by atoms with Gasteiger partial charge in [0.2, 0.25) is 0 Å². The minimum Gasteiger partial charge on any atom is -0.330 e. The highest BCUT2D eigenvalue weighted by Crippen LogP contribution is 2.39. The Kier molecular flexibility index (Phi) is 5.63. The van der Waals surface area contributed by atoms with Gasteiger partial charge in [0.1, 0.15) is 0 Å². The summed E-state index contributed by atoms with van der Waals surface area (Å²) in [5.41, 5.74) is 14.2. The number of hydrogen-bond donors (Lipinski definition) is 2. The maximum absolute atomic E-state index is 6.90. The smallest absolute Gasteiger partial charge is 0.0450 e. The van der Waals surface area contributed by atoms with Crippen LogP contribution in [0.1, 0.15) is 49.9 Å². The van der Waals surface area contributed by atoms with E-state index in [4.69, 9.17) is 11.5 Å². The largest absolute Gasteiger partial charge is 0.330 e. The molecule has 2 aromatic rings. The Balaban J connectivity index is 2.34. The van der Waals surface area contributed by atoms with Crippen molar-refractivity contribution >= 4 is 0 Å². The topological polar surface area (TPSA) is 77.8 Å². The molecule has 2 aromatic heterocycles. The lowest BCUT2D eigenvalue weighted by molar-refractivity contribution is 0.273. The molecular weight excluding hydrogens is 272 g/mol. The third-order valence-corrected chi connectivity index (χ3v) is 4.69. The molecule has 0 aliphatic rings. The van der Waals surface area contributed by atoms with Gasteiger partial charge in [0.05, 0.1) is 0 Å². The van der Waals surface area contributed by atoms with Crippen LogP contribution in [0.25, 0.3) is 0 Å². The molecule has 0 radical (unpaired) electrons. The number of pyridine rings is 2. The Hall–Kier alpha value is -1.78. The number of nitrogens with zero attached hydrogens (tertiary/aromatic N) is 2. The van der Waals surface area contributed by atoms with E-state index in [9.17, 15) is 0 Å². The highest BCUT2D eigenvalue weighted by Gasteiger charge is 2.39. The average molecular weight is 298 g/mol. The average Bonchev–Trinajstić information content (AvgIpc) is 2.59. The van der Waals surface area contributed by atoms with Crippen LogP contribution in [-0.2, 0) is 0 Å². The SMILES string of the molecule is CC(c1ccccn1)C(N)(CCCN)C(C)c1ccccn1. The van der Waals surface area contributed by atoms with Crippen LogP contribution >= 0.6 is 0 Å². The van der Waals surface area contributed by atoms with Crippen molar-refractivity contribution in [2.75, 3.05) is 6.54 Å². The number of aromatic nitrogens is 2. The Morgan fingerprint density at radius 1 is 0.955 bits per heavy atom. The van der Waals surface area contributed by atoms with Crippen molar-refractivity contribution in [3.8, 4) is 0 Å². The van der Waals surface area contributed by atoms with Crippen molar-refractivity contribution in [2.24, 2.45) is 11.5 Å². The van der Waals surface area contributed by atoms with Crippen molar-refractivity contribution in [3.63, 3.8) is 0 Å². The van der Waals surface area contributed by atoms with Gasteiger partial charge >= 0.3 is 0 Å². The molecule has 0 spiro atoms. The van der Waals surface area contributed by atoms with E-state index in [1.165, 1.54) is 0 Å². The Labute approximate surface area is 133 Å². The van der Waals surface area contributed by atoms with Crippen LogP contribution < -0.4 is 11.5 Å². The minimum atomic E-state index is -0.428. The van der Waals surface area contributed by atoms with Crippen molar-refractivity contribution in [1.29, 1.82) is 0 Å². The third kappa shape index (κ3) is 3.51. The molecule has 0 fully saturated rings. The Bertz CT molecular complexity index is 510. The quantitative estimate of drug-likeness (QED) is 0.824. The van der Waals surface area contributed by atoms with E-state index in [-0.39, 0.29) is 11.8 Å². The number of hydrogen-bond acceptors (Lipinski definition) is 4. The van der Waals surface area contributed by atoms with Gasteiger partial charge in [0.25, 0.3) is 0 Å². The van der Waals surface area contributed by atoms with Gasteiger partial charge in [-0.05, 0) is 43.7 Å². The van der Waals surface area contributed by atoms with E-state index >= 15 is 0 Å². The van der Waals surface area contributed by atoms with Gasteiger partial charge in [-0.1, -0.05) is 26.0 Å². The minimum absolute atomic E-state index is 0.122. The monoisotopic (exact) mass is 298 g/mol. The van der Waals surface area contributed by atoms with Gasteiger partial charge in [-0.15, -0.1) is 0 Å². The molecule has 4 N–H and O–H groups in total. The summed E-state index contributed by atoms with van der Waals surface area (Å²) < 4.78 is 0. The first kappa shape index (κ1) is 16.6. The summed E-state index contributed by atoms with van der Waals surface area (Å²) in [5.74, 6) is 0.245. The van der Waals surface area contributed by atoms with Crippen molar-refractivity contribution in [1.82, 2.24) is 9.97 Å². The van der Waals surface area contributed by atoms with Crippen LogP contribution in [0, 0.1) is 0 Å². The van der Waals surface area contributed by atoms with Gasteiger partial charge < -0.3 is 11.5 Å². The molecule has 0 amide bonds. The van der Waals surface area contributed by atoms with E-state index < -0.39 is 5.54 Å².